The molecule has 0 aliphatic heterocycles. The van der Waals surface area contributed by atoms with E-state index >= 15 is 0 Å². The fraction of sp³-hybridized carbons (Fsp3) is 0.932. The van der Waals surface area contributed by atoms with Gasteiger partial charge in [-0.05, 0) is 175 Å². The third kappa shape index (κ3) is 18.8. The van der Waals surface area contributed by atoms with Crippen molar-refractivity contribution < 1.29 is 24.2 Å². The van der Waals surface area contributed by atoms with Crippen LogP contribution < -0.4 is 0 Å². The number of hydrogen-bond donors (Lipinski definition) is 1. The second-order valence-corrected chi connectivity index (χ2v) is 23.4. The van der Waals surface area contributed by atoms with Gasteiger partial charge in [0.1, 0.15) is 12.2 Å². The minimum Gasteiger partial charge on any atom is -0.462 e. The van der Waals surface area contributed by atoms with E-state index in [1.165, 1.54) is 122 Å². The summed E-state index contributed by atoms with van der Waals surface area (Å²) in [4.78, 5) is 28.5. The normalized spacial score (nSPS) is 27.2. The van der Waals surface area contributed by atoms with E-state index in [0.29, 0.717) is 18.3 Å². The van der Waals surface area contributed by atoms with Gasteiger partial charge in [0.25, 0.3) is 0 Å². The van der Waals surface area contributed by atoms with Gasteiger partial charge in [-0.15, -0.1) is 0 Å². The summed E-state index contributed by atoms with van der Waals surface area (Å²) < 4.78 is 12.3. The number of aliphatic hydroxyl groups excluding tert-OH is 1. The number of carbonyl (C=O) groups excluding carboxylic acids is 2. The lowest BCUT2D eigenvalue weighted by Crippen LogP contribution is -2.51. The van der Waals surface area contributed by atoms with Crippen LogP contribution in [0.25, 0.3) is 0 Å². The molecule has 0 spiro atoms. The lowest BCUT2D eigenvalue weighted by Gasteiger charge is -2.58. The van der Waals surface area contributed by atoms with Crippen LogP contribution in [0.1, 0.15) is 267 Å². The molecule has 0 aromatic rings. The van der Waals surface area contributed by atoms with Crippen LogP contribution in [0.15, 0.2) is 11.6 Å². The Balaban J connectivity index is 1.10. The average Bonchev–Trinajstić information content (AvgIpc) is 3.64. The van der Waals surface area contributed by atoms with Crippen LogP contribution in [0.5, 0.6) is 0 Å². The van der Waals surface area contributed by atoms with E-state index in [4.69, 9.17) is 9.47 Å². The smallest absolute Gasteiger partial charge is 0.306 e. The molecule has 4 aliphatic rings. The van der Waals surface area contributed by atoms with Crippen molar-refractivity contribution in [2.24, 2.45) is 46.3 Å². The Morgan fingerprint density at radius 2 is 1.26 bits per heavy atom. The molecule has 1 N–H and O–H groups in total. The number of rotatable bonds is 36. The van der Waals surface area contributed by atoms with Crippen LogP contribution in [0.4, 0.5) is 0 Å². The Bertz CT molecular complexity index is 1330. The molecule has 3 fully saturated rings. The van der Waals surface area contributed by atoms with Crippen LogP contribution in [0.3, 0.4) is 0 Å². The van der Waals surface area contributed by atoms with Gasteiger partial charge in [-0.25, -0.2) is 0 Å². The van der Waals surface area contributed by atoms with E-state index in [-0.39, 0.29) is 36.2 Å². The van der Waals surface area contributed by atoms with Gasteiger partial charge in [-0.3, -0.25) is 9.59 Å². The molecule has 378 valence electrons. The van der Waals surface area contributed by atoms with E-state index in [9.17, 15) is 14.7 Å². The van der Waals surface area contributed by atoms with Crippen LogP contribution in [-0.4, -0.2) is 60.4 Å². The summed E-state index contributed by atoms with van der Waals surface area (Å²) in [6.07, 6.45) is 41.9. The zero-order chi connectivity index (χ0) is 46.9. The molecule has 0 radical (unpaired) electrons. The highest BCUT2D eigenvalue weighted by Gasteiger charge is 2.59. The molecule has 0 bridgehead atoms. The van der Waals surface area contributed by atoms with Crippen LogP contribution in [-0.2, 0) is 19.1 Å². The first-order valence-corrected chi connectivity index (χ1v) is 28.9. The molecular weight excluding hydrogens is 803 g/mol. The quantitative estimate of drug-likeness (QED) is 0.0383. The van der Waals surface area contributed by atoms with Gasteiger partial charge in [0, 0.05) is 25.9 Å². The number of allylic oxidation sites excluding steroid dienone is 1. The number of carbonyl (C=O) groups is 2. The molecule has 6 heteroatoms. The number of unbranched alkanes of at least 4 members (excludes halogenated alkanes) is 14. The maximum Gasteiger partial charge on any atom is 0.306 e. The van der Waals surface area contributed by atoms with Crippen molar-refractivity contribution in [2.45, 2.75) is 279 Å². The van der Waals surface area contributed by atoms with E-state index < -0.39 is 0 Å². The van der Waals surface area contributed by atoms with Crippen molar-refractivity contribution in [1.29, 1.82) is 0 Å². The van der Waals surface area contributed by atoms with Gasteiger partial charge in [-0.2, -0.15) is 0 Å². The molecule has 9 atom stereocenters. The Morgan fingerprint density at radius 1 is 0.662 bits per heavy atom. The number of esters is 2. The van der Waals surface area contributed by atoms with Crippen molar-refractivity contribution in [2.75, 3.05) is 26.2 Å². The fourth-order valence-electron chi connectivity index (χ4n) is 14.0. The van der Waals surface area contributed by atoms with E-state index in [0.717, 1.165) is 139 Å². The number of ether oxygens (including phenoxy) is 2. The lowest BCUT2D eigenvalue weighted by molar-refractivity contribution is -0.152. The minimum atomic E-state index is 0.00446. The van der Waals surface area contributed by atoms with Crippen LogP contribution in [0, 0.1) is 46.3 Å². The molecule has 0 heterocycles. The fourth-order valence-corrected chi connectivity index (χ4v) is 14.0. The first kappa shape index (κ1) is 56.2. The Kier molecular flexibility index (Phi) is 26.8. The monoisotopic (exact) mass is 910 g/mol. The molecule has 1 unspecified atom stereocenters. The molecule has 4 rings (SSSR count). The molecule has 65 heavy (non-hydrogen) atoms. The summed E-state index contributed by atoms with van der Waals surface area (Å²) in [6.45, 7) is 20.5. The highest BCUT2D eigenvalue weighted by molar-refractivity contribution is 5.69. The van der Waals surface area contributed by atoms with Gasteiger partial charge in [0.15, 0.2) is 0 Å². The maximum absolute atomic E-state index is 13.2. The molecular formula is C59H107NO5. The van der Waals surface area contributed by atoms with Crippen LogP contribution >= 0.6 is 0 Å². The lowest BCUT2D eigenvalue weighted by atomic mass is 9.47. The summed E-state index contributed by atoms with van der Waals surface area (Å²) in [5.74, 6) is 5.11. The molecule has 3 saturated carbocycles. The standard InChI is InChI=1S/C59H107NO5/c1-8-10-12-14-15-20-31-50(30-19-13-11-9-2)64-56(62)32-21-16-17-23-42-60(44-25-26-45-61)43-24-18-22-33-57(63)65-51-38-40-58(6)49(46-51)34-35-52-54-37-36-53(48(5)29-27-28-47(3)4)59(54,7)41-39-55(52)58/h34,47-48,50-55,61H,8-33,35-46H2,1-7H3/t48-,50?,51+,52+,53-,54+,55+,58+,59-/m1/s1. The second-order valence-electron chi connectivity index (χ2n) is 23.4. The predicted octanol–water partition coefficient (Wildman–Crippen LogP) is 16.2. The van der Waals surface area contributed by atoms with Crippen molar-refractivity contribution in [1.82, 2.24) is 4.90 Å². The van der Waals surface area contributed by atoms with Crippen molar-refractivity contribution in [3.63, 3.8) is 0 Å². The van der Waals surface area contributed by atoms with Gasteiger partial charge >= 0.3 is 11.9 Å². The molecule has 6 nitrogen and oxygen atoms in total. The molecule has 0 aromatic carbocycles. The minimum absolute atomic E-state index is 0.00446. The summed E-state index contributed by atoms with van der Waals surface area (Å²) in [7, 11) is 0. The average molecular weight is 911 g/mol. The number of hydrogen-bond acceptors (Lipinski definition) is 6. The molecule has 4 aliphatic carbocycles. The molecule has 0 saturated heterocycles. The van der Waals surface area contributed by atoms with Crippen molar-refractivity contribution in [3.05, 3.63) is 11.6 Å². The first-order chi connectivity index (χ1) is 31.4. The number of aliphatic hydroxyl groups is 1. The highest BCUT2D eigenvalue weighted by Crippen LogP contribution is 2.67. The zero-order valence-electron chi connectivity index (χ0n) is 44.1. The Hall–Kier alpha value is -1.40. The van der Waals surface area contributed by atoms with Gasteiger partial charge in [0.05, 0.1) is 0 Å². The predicted molar refractivity (Wildman–Crippen MR) is 274 cm³/mol. The Labute approximate surface area is 402 Å². The SMILES string of the molecule is CCCCCCCCC(CCCCCC)OC(=O)CCCCCCN(CCCCO)CCCCCC(=O)O[C@H]1CC[C@@]2(C)C(=CC[C@H]3[C@@H]4CC[C@H]([C@H](C)CCCC(C)C)[C@@]4(C)CC[C@@H]32)C1. The summed E-state index contributed by atoms with van der Waals surface area (Å²) in [5, 5.41) is 9.42. The van der Waals surface area contributed by atoms with E-state index in [2.05, 4.69) is 59.4 Å². The first-order valence-electron chi connectivity index (χ1n) is 28.9. The summed E-state index contributed by atoms with van der Waals surface area (Å²) in [5.41, 5.74) is 2.42. The zero-order valence-corrected chi connectivity index (χ0v) is 44.1. The van der Waals surface area contributed by atoms with E-state index in [1.807, 2.05) is 0 Å². The maximum atomic E-state index is 13.2. The summed E-state index contributed by atoms with van der Waals surface area (Å²) >= 11 is 0. The third-order valence-corrected chi connectivity index (χ3v) is 18.0. The van der Waals surface area contributed by atoms with Crippen molar-refractivity contribution in [3.8, 4) is 0 Å². The van der Waals surface area contributed by atoms with Gasteiger partial charge in [-0.1, -0.05) is 150 Å². The summed E-state index contributed by atoms with van der Waals surface area (Å²) in [6, 6.07) is 0. The molecule has 0 amide bonds. The van der Waals surface area contributed by atoms with Gasteiger partial charge in [0.2, 0.25) is 0 Å². The molecule has 0 aromatic heterocycles. The van der Waals surface area contributed by atoms with Gasteiger partial charge < -0.3 is 19.5 Å². The Morgan fingerprint density at radius 3 is 1.94 bits per heavy atom. The largest absolute Gasteiger partial charge is 0.462 e. The second kappa shape index (κ2) is 31.0. The third-order valence-electron chi connectivity index (χ3n) is 18.0. The van der Waals surface area contributed by atoms with Crippen molar-refractivity contribution >= 4 is 11.9 Å². The number of fused-ring (bicyclic) bond motifs is 5. The highest BCUT2D eigenvalue weighted by atomic mass is 16.5. The van der Waals surface area contributed by atoms with E-state index in [1.54, 1.807) is 5.57 Å². The van der Waals surface area contributed by atoms with Crippen LogP contribution in [0.2, 0.25) is 0 Å². The number of nitrogens with zero attached hydrogens (tertiary/aromatic N) is 1. The topological polar surface area (TPSA) is 76.1 Å².